The van der Waals surface area contributed by atoms with E-state index in [1.165, 1.54) is 12.8 Å². The normalized spacial score (nSPS) is 23.7. The molecule has 1 heterocycles. The molecule has 1 aliphatic rings. The Balaban J connectivity index is 2.50. The molecule has 0 unspecified atom stereocenters. The van der Waals surface area contributed by atoms with Gasteiger partial charge in [0.1, 0.15) is 0 Å². The van der Waals surface area contributed by atoms with E-state index in [9.17, 15) is 4.79 Å². The molecule has 2 heteroatoms. The summed E-state index contributed by atoms with van der Waals surface area (Å²) >= 11 is 0. The zero-order chi connectivity index (χ0) is 11.1. The van der Waals surface area contributed by atoms with Crippen molar-refractivity contribution in [1.29, 1.82) is 0 Å². The lowest BCUT2D eigenvalue weighted by Crippen LogP contribution is -2.27. The quantitative estimate of drug-likeness (QED) is 0.452. The molecule has 1 rings (SSSR count). The molecule has 0 radical (unpaired) electrons. The van der Waals surface area contributed by atoms with E-state index in [-0.39, 0.29) is 11.4 Å². The average Bonchev–Trinajstić information content (AvgIpc) is 2.18. The third kappa shape index (κ3) is 4.50. The molecule has 0 aromatic carbocycles. The lowest BCUT2D eigenvalue weighted by molar-refractivity contribution is -0.154. The Labute approximate surface area is 92.7 Å². The molecule has 0 aromatic heterocycles. The van der Waals surface area contributed by atoms with Crippen LogP contribution in [0, 0.1) is 5.41 Å². The van der Waals surface area contributed by atoms with Gasteiger partial charge < -0.3 is 4.74 Å². The van der Waals surface area contributed by atoms with Gasteiger partial charge in [-0.2, -0.15) is 0 Å². The topological polar surface area (TPSA) is 26.3 Å². The molecule has 2 nitrogen and oxygen atoms in total. The second-order valence-corrected chi connectivity index (χ2v) is 4.88. The van der Waals surface area contributed by atoms with E-state index in [1.54, 1.807) is 0 Å². The third-order valence-electron chi connectivity index (χ3n) is 2.91. The van der Waals surface area contributed by atoms with Crippen molar-refractivity contribution in [3.63, 3.8) is 0 Å². The number of cyclic esters (lactones) is 1. The summed E-state index contributed by atoms with van der Waals surface area (Å²) in [5, 5.41) is 0. The van der Waals surface area contributed by atoms with Crippen LogP contribution in [0.3, 0.4) is 0 Å². The van der Waals surface area contributed by atoms with Crippen LogP contribution in [-0.2, 0) is 9.53 Å². The van der Waals surface area contributed by atoms with Crippen LogP contribution in [0.1, 0.15) is 52.4 Å². The standard InChI is InChI=1S/C13H22O2/c1-13(2)10-8-6-4-3-5-7-9-11-15-12(13)14/h5,7H,3-4,6,8-11H2,1-2H3. The zero-order valence-corrected chi connectivity index (χ0v) is 9.92. The Hall–Kier alpha value is -0.790. The molecule has 0 aromatic rings. The van der Waals surface area contributed by atoms with Crippen molar-refractivity contribution in [2.75, 3.05) is 6.61 Å². The highest BCUT2D eigenvalue weighted by Crippen LogP contribution is 2.26. The Morgan fingerprint density at radius 3 is 2.67 bits per heavy atom. The Morgan fingerprint density at radius 1 is 1.13 bits per heavy atom. The molecule has 0 saturated heterocycles. The van der Waals surface area contributed by atoms with Crippen LogP contribution in [0.4, 0.5) is 0 Å². The molecule has 0 aliphatic carbocycles. The highest BCUT2D eigenvalue weighted by atomic mass is 16.5. The van der Waals surface area contributed by atoms with E-state index in [4.69, 9.17) is 4.74 Å². The smallest absolute Gasteiger partial charge is 0.311 e. The van der Waals surface area contributed by atoms with Gasteiger partial charge in [-0.15, -0.1) is 0 Å². The van der Waals surface area contributed by atoms with E-state index >= 15 is 0 Å². The molecule has 0 saturated carbocycles. The van der Waals surface area contributed by atoms with Gasteiger partial charge in [0.15, 0.2) is 0 Å². The molecule has 0 spiro atoms. The number of rotatable bonds is 0. The number of hydrogen-bond acceptors (Lipinski definition) is 2. The van der Waals surface area contributed by atoms with Crippen molar-refractivity contribution in [2.24, 2.45) is 5.41 Å². The monoisotopic (exact) mass is 210 g/mol. The van der Waals surface area contributed by atoms with Crippen molar-refractivity contribution >= 4 is 5.97 Å². The summed E-state index contributed by atoms with van der Waals surface area (Å²) in [7, 11) is 0. The molecule has 0 bridgehead atoms. The van der Waals surface area contributed by atoms with Crippen LogP contribution in [-0.4, -0.2) is 12.6 Å². The van der Waals surface area contributed by atoms with Crippen LogP contribution in [0.5, 0.6) is 0 Å². The van der Waals surface area contributed by atoms with Crippen molar-refractivity contribution < 1.29 is 9.53 Å². The van der Waals surface area contributed by atoms with Gasteiger partial charge in [0.2, 0.25) is 0 Å². The lowest BCUT2D eigenvalue weighted by atomic mass is 9.87. The molecule has 15 heavy (non-hydrogen) atoms. The van der Waals surface area contributed by atoms with E-state index in [1.807, 2.05) is 13.8 Å². The minimum atomic E-state index is -0.303. The Morgan fingerprint density at radius 2 is 1.87 bits per heavy atom. The van der Waals surface area contributed by atoms with E-state index < -0.39 is 0 Å². The molecule has 86 valence electrons. The second-order valence-electron chi connectivity index (χ2n) is 4.88. The first-order valence-corrected chi connectivity index (χ1v) is 5.95. The molecule has 0 atom stereocenters. The summed E-state index contributed by atoms with van der Waals surface area (Å²) in [5.41, 5.74) is -0.303. The number of carbonyl (C=O) groups is 1. The number of allylic oxidation sites excluding steroid dienone is 1. The van der Waals surface area contributed by atoms with Gasteiger partial charge in [-0.25, -0.2) is 0 Å². The van der Waals surface area contributed by atoms with Gasteiger partial charge in [-0.05, 0) is 39.5 Å². The van der Waals surface area contributed by atoms with Crippen molar-refractivity contribution in [3.05, 3.63) is 12.2 Å². The summed E-state index contributed by atoms with van der Waals surface area (Å²) in [6.45, 7) is 4.49. The summed E-state index contributed by atoms with van der Waals surface area (Å²) in [6.07, 6.45) is 10.8. The van der Waals surface area contributed by atoms with E-state index in [2.05, 4.69) is 12.2 Å². The minimum absolute atomic E-state index is 0.0449. The number of hydrogen-bond donors (Lipinski definition) is 0. The average molecular weight is 210 g/mol. The van der Waals surface area contributed by atoms with Crippen LogP contribution in [0.2, 0.25) is 0 Å². The number of ether oxygens (including phenoxy) is 1. The fourth-order valence-corrected chi connectivity index (χ4v) is 1.76. The first kappa shape index (κ1) is 12.3. The van der Waals surface area contributed by atoms with Gasteiger partial charge in [0, 0.05) is 0 Å². The highest BCUT2D eigenvalue weighted by molar-refractivity contribution is 5.75. The van der Waals surface area contributed by atoms with Crippen LogP contribution >= 0.6 is 0 Å². The largest absolute Gasteiger partial charge is 0.465 e. The first-order valence-electron chi connectivity index (χ1n) is 5.95. The lowest BCUT2D eigenvalue weighted by Gasteiger charge is -2.22. The molecule has 0 amide bonds. The number of esters is 1. The van der Waals surface area contributed by atoms with Gasteiger partial charge in [0.25, 0.3) is 0 Å². The highest BCUT2D eigenvalue weighted by Gasteiger charge is 2.28. The van der Waals surface area contributed by atoms with Crippen molar-refractivity contribution in [3.8, 4) is 0 Å². The van der Waals surface area contributed by atoms with Crippen LogP contribution in [0.15, 0.2) is 12.2 Å². The predicted molar refractivity (Wildman–Crippen MR) is 61.6 cm³/mol. The zero-order valence-electron chi connectivity index (χ0n) is 9.92. The maximum absolute atomic E-state index is 11.7. The predicted octanol–water partition coefficient (Wildman–Crippen LogP) is 3.47. The second kappa shape index (κ2) is 5.94. The van der Waals surface area contributed by atoms with E-state index in [0.29, 0.717) is 6.61 Å². The van der Waals surface area contributed by atoms with Gasteiger partial charge in [-0.1, -0.05) is 25.0 Å². The van der Waals surface area contributed by atoms with Gasteiger partial charge in [0.05, 0.1) is 12.0 Å². The first-order chi connectivity index (χ1) is 7.13. The van der Waals surface area contributed by atoms with Crippen LogP contribution < -0.4 is 0 Å². The Bertz CT molecular complexity index is 229. The van der Waals surface area contributed by atoms with Crippen LogP contribution in [0.25, 0.3) is 0 Å². The maximum Gasteiger partial charge on any atom is 0.311 e. The summed E-state index contributed by atoms with van der Waals surface area (Å²) in [6, 6.07) is 0. The van der Waals surface area contributed by atoms with E-state index in [0.717, 1.165) is 25.7 Å². The number of carbonyl (C=O) groups excluding carboxylic acids is 1. The fraction of sp³-hybridized carbons (Fsp3) is 0.769. The Kier molecular flexibility index (Phi) is 4.86. The molecular formula is C13H22O2. The third-order valence-corrected chi connectivity index (χ3v) is 2.91. The minimum Gasteiger partial charge on any atom is -0.465 e. The van der Waals surface area contributed by atoms with Crippen molar-refractivity contribution in [2.45, 2.75) is 52.4 Å². The summed E-state index contributed by atoms with van der Waals surface area (Å²) in [4.78, 5) is 11.7. The SMILES string of the molecule is CC1(C)CCCCCC=CCCOC1=O. The van der Waals surface area contributed by atoms with Crippen molar-refractivity contribution in [1.82, 2.24) is 0 Å². The maximum atomic E-state index is 11.7. The summed E-state index contributed by atoms with van der Waals surface area (Å²) < 4.78 is 5.24. The molecule has 0 fully saturated rings. The summed E-state index contributed by atoms with van der Waals surface area (Å²) in [5.74, 6) is -0.0449. The molecular weight excluding hydrogens is 188 g/mol. The fourth-order valence-electron chi connectivity index (χ4n) is 1.76. The van der Waals surface area contributed by atoms with Gasteiger partial charge >= 0.3 is 5.97 Å². The molecule has 0 N–H and O–H groups in total. The van der Waals surface area contributed by atoms with Gasteiger partial charge in [-0.3, -0.25) is 4.79 Å². The molecule has 1 aliphatic heterocycles.